The fourth-order valence-corrected chi connectivity index (χ4v) is 0.920. The molecule has 0 saturated heterocycles. The lowest BCUT2D eigenvalue weighted by Crippen LogP contribution is -2.33. The predicted molar refractivity (Wildman–Crippen MR) is 55.5 cm³/mol. The molecule has 0 rings (SSSR count). The van der Waals surface area contributed by atoms with E-state index in [0.29, 0.717) is 6.42 Å². The molecule has 17 heavy (non-hydrogen) atoms. The number of hydrogen-bond acceptors (Lipinski definition) is 3. The van der Waals surface area contributed by atoms with E-state index in [1.165, 1.54) is 0 Å². The van der Waals surface area contributed by atoms with Crippen molar-refractivity contribution in [2.75, 3.05) is 13.2 Å². The number of ether oxygens (including phenoxy) is 2. The van der Waals surface area contributed by atoms with Gasteiger partial charge in [-0.1, -0.05) is 0 Å². The Kier molecular flexibility index (Phi) is 6.30. The molecule has 4 nitrogen and oxygen atoms in total. The van der Waals surface area contributed by atoms with E-state index in [-0.39, 0.29) is 13.0 Å². The summed E-state index contributed by atoms with van der Waals surface area (Å²) in [6, 6.07) is 0. The molecule has 0 fully saturated rings. The van der Waals surface area contributed by atoms with Gasteiger partial charge in [0.2, 0.25) is 0 Å². The van der Waals surface area contributed by atoms with Gasteiger partial charge in [0.25, 0.3) is 0 Å². The summed E-state index contributed by atoms with van der Waals surface area (Å²) in [6.07, 6.45) is -4.54. The third kappa shape index (κ3) is 13.0. The fraction of sp³-hybridized carbons (Fsp3) is 0.900. The molecule has 0 aromatic rings. The third-order valence-corrected chi connectivity index (χ3v) is 1.51. The molecule has 0 radical (unpaired) electrons. The maximum Gasteiger partial charge on any atom is 0.522 e. The molecular weight excluding hydrogens is 239 g/mol. The zero-order valence-electron chi connectivity index (χ0n) is 10.2. The maximum absolute atomic E-state index is 11.6. The highest BCUT2D eigenvalue weighted by atomic mass is 19.4. The van der Waals surface area contributed by atoms with Crippen molar-refractivity contribution in [3.63, 3.8) is 0 Å². The van der Waals surface area contributed by atoms with Crippen LogP contribution >= 0.6 is 0 Å². The number of halogens is 3. The fourth-order valence-electron chi connectivity index (χ4n) is 0.920. The molecule has 0 heterocycles. The Morgan fingerprint density at radius 2 is 1.76 bits per heavy atom. The number of nitrogens with one attached hydrogen (secondary N) is 1. The van der Waals surface area contributed by atoms with Gasteiger partial charge in [0.05, 0.1) is 6.61 Å². The van der Waals surface area contributed by atoms with Gasteiger partial charge in [-0.3, -0.25) is 4.74 Å². The second kappa shape index (κ2) is 6.68. The molecule has 1 amide bonds. The quantitative estimate of drug-likeness (QED) is 0.770. The molecule has 0 spiro atoms. The molecule has 0 aromatic carbocycles. The van der Waals surface area contributed by atoms with Crippen LogP contribution in [0.2, 0.25) is 0 Å². The topological polar surface area (TPSA) is 47.6 Å². The van der Waals surface area contributed by atoms with Crippen molar-refractivity contribution in [3.8, 4) is 0 Å². The summed E-state index contributed by atoms with van der Waals surface area (Å²) in [5.74, 6) is 0. The van der Waals surface area contributed by atoms with Gasteiger partial charge < -0.3 is 10.1 Å². The first-order chi connectivity index (χ1) is 7.60. The number of alkyl carbamates (subject to hydrolysis) is 1. The maximum atomic E-state index is 11.6. The lowest BCUT2D eigenvalue weighted by atomic mass is 10.2. The summed E-state index contributed by atoms with van der Waals surface area (Å²) in [7, 11) is 0. The summed E-state index contributed by atoms with van der Waals surface area (Å²) in [4.78, 5) is 11.1. The molecule has 0 aromatic heterocycles. The number of alkyl halides is 3. The van der Waals surface area contributed by atoms with Gasteiger partial charge >= 0.3 is 12.5 Å². The Morgan fingerprint density at radius 3 is 2.24 bits per heavy atom. The average Bonchev–Trinajstić information content (AvgIpc) is 2.06. The van der Waals surface area contributed by atoms with Crippen molar-refractivity contribution in [2.24, 2.45) is 0 Å². The normalized spacial score (nSPS) is 12.4. The summed E-state index contributed by atoms with van der Waals surface area (Å²) in [5, 5.41) is 2.44. The standard InChI is InChI=1S/C10H18F3NO3/c1-9(2,3)17-8(15)14-6-4-5-7-16-10(11,12)13/h4-7H2,1-3H3,(H,14,15). The van der Waals surface area contributed by atoms with E-state index in [0.717, 1.165) is 0 Å². The predicted octanol–water partition coefficient (Wildman–Crippen LogP) is 2.83. The molecule has 7 heteroatoms. The molecule has 102 valence electrons. The van der Waals surface area contributed by atoms with Crippen LogP contribution in [0.15, 0.2) is 0 Å². The second-order valence-corrected chi connectivity index (χ2v) is 4.43. The van der Waals surface area contributed by atoms with Crippen LogP contribution in [-0.4, -0.2) is 31.2 Å². The Labute approximate surface area is 98.5 Å². The largest absolute Gasteiger partial charge is 0.522 e. The first kappa shape index (κ1) is 16.0. The van der Waals surface area contributed by atoms with E-state index >= 15 is 0 Å². The zero-order valence-corrected chi connectivity index (χ0v) is 10.2. The van der Waals surface area contributed by atoms with Crippen molar-refractivity contribution in [1.29, 1.82) is 0 Å². The summed E-state index contributed by atoms with van der Waals surface area (Å²) < 4.78 is 43.2. The lowest BCUT2D eigenvalue weighted by molar-refractivity contribution is -0.324. The minimum atomic E-state index is -4.58. The number of carbonyl (C=O) groups excluding carboxylic acids is 1. The van der Waals surface area contributed by atoms with Gasteiger partial charge in [0.15, 0.2) is 0 Å². The van der Waals surface area contributed by atoms with E-state index in [9.17, 15) is 18.0 Å². The number of amides is 1. The van der Waals surface area contributed by atoms with Crippen molar-refractivity contribution >= 4 is 6.09 Å². The van der Waals surface area contributed by atoms with Crippen LogP contribution in [0, 0.1) is 0 Å². The van der Waals surface area contributed by atoms with Gasteiger partial charge in [0, 0.05) is 6.54 Å². The van der Waals surface area contributed by atoms with E-state index < -0.39 is 24.7 Å². The van der Waals surface area contributed by atoms with Crippen LogP contribution in [0.3, 0.4) is 0 Å². The first-order valence-electron chi connectivity index (χ1n) is 5.28. The Morgan fingerprint density at radius 1 is 1.18 bits per heavy atom. The highest BCUT2D eigenvalue weighted by molar-refractivity contribution is 5.67. The van der Waals surface area contributed by atoms with E-state index in [1.807, 2.05) is 0 Å². The van der Waals surface area contributed by atoms with Crippen molar-refractivity contribution in [1.82, 2.24) is 5.32 Å². The smallest absolute Gasteiger partial charge is 0.444 e. The summed E-state index contributed by atoms with van der Waals surface area (Å²) in [5.41, 5.74) is -0.580. The Bertz CT molecular complexity index is 236. The number of unbranched alkanes of at least 4 members (excludes halogenated alkanes) is 1. The molecule has 0 bridgehead atoms. The molecule has 0 aliphatic carbocycles. The van der Waals surface area contributed by atoms with Crippen LogP contribution in [-0.2, 0) is 9.47 Å². The second-order valence-electron chi connectivity index (χ2n) is 4.43. The SMILES string of the molecule is CC(C)(C)OC(=O)NCCCCOC(F)(F)F. The van der Waals surface area contributed by atoms with Gasteiger partial charge in [0.1, 0.15) is 5.60 Å². The van der Waals surface area contributed by atoms with Crippen LogP contribution in [0.4, 0.5) is 18.0 Å². The Hall–Kier alpha value is -0.980. The van der Waals surface area contributed by atoms with Crippen LogP contribution < -0.4 is 5.32 Å². The van der Waals surface area contributed by atoms with E-state index in [1.54, 1.807) is 20.8 Å². The van der Waals surface area contributed by atoms with Gasteiger partial charge in [-0.2, -0.15) is 0 Å². The molecule has 0 unspecified atom stereocenters. The minimum Gasteiger partial charge on any atom is -0.444 e. The molecule has 0 saturated carbocycles. The van der Waals surface area contributed by atoms with Crippen LogP contribution in [0.1, 0.15) is 33.6 Å². The highest BCUT2D eigenvalue weighted by Crippen LogP contribution is 2.16. The van der Waals surface area contributed by atoms with Crippen molar-refractivity contribution < 1.29 is 27.4 Å². The van der Waals surface area contributed by atoms with E-state index in [4.69, 9.17) is 4.74 Å². The molecule has 1 N–H and O–H groups in total. The number of rotatable bonds is 5. The van der Waals surface area contributed by atoms with Crippen LogP contribution in [0.5, 0.6) is 0 Å². The van der Waals surface area contributed by atoms with Gasteiger partial charge in [-0.25, -0.2) is 4.79 Å². The number of carbonyl (C=O) groups is 1. The summed E-state index contributed by atoms with van der Waals surface area (Å²) >= 11 is 0. The van der Waals surface area contributed by atoms with Gasteiger partial charge in [-0.05, 0) is 33.6 Å². The first-order valence-corrected chi connectivity index (χ1v) is 5.28. The molecule has 0 aliphatic rings. The third-order valence-electron chi connectivity index (χ3n) is 1.51. The highest BCUT2D eigenvalue weighted by Gasteiger charge is 2.28. The summed E-state index contributed by atoms with van der Waals surface area (Å²) in [6.45, 7) is 5.03. The average molecular weight is 257 g/mol. The minimum absolute atomic E-state index is 0.218. The molecular formula is C10H18F3NO3. The van der Waals surface area contributed by atoms with Crippen molar-refractivity contribution in [2.45, 2.75) is 45.6 Å². The molecule has 0 atom stereocenters. The van der Waals surface area contributed by atoms with Gasteiger partial charge in [-0.15, -0.1) is 13.2 Å². The Balaban J connectivity index is 3.44. The van der Waals surface area contributed by atoms with Crippen LogP contribution in [0.25, 0.3) is 0 Å². The van der Waals surface area contributed by atoms with E-state index in [2.05, 4.69) is 10.1 Å². The number of hydrogen-bond donors (Lipinski definition) is 1. The molecule has 0 aliphatic heterocycles. The monoisotopic (exact) mass is 257 g/mol. The lowest BCUT2D eigenvalue weighted by Gasteiger charge is -2.19. The van der Waals surface area contributed by atoms with Crippen molar-refractivity contribution in [3.05, 3.63) is 0 Å². The zero-order chi connectivity index (χ0) is 13.5.